The summed E-state index contributed by atoms with van der Waals surface area (Å²) in [5.41, 5.74) is 14.3. The van der Waals surface area contributed by atoms with Gasteiger partial charge in [0.1, 0.15) is 31.4 Å². The Hall–Kier alpha value is -6.01. The maximum Gasteiger partial charge on any atom is 0.329 e. The summed E-state index contributed by atoms with van der Waals surface area (Å²) < 4.78 is 12.1. The largest absolute Gasteiger partial charge is 0.485 e. The van der Waals surface area contributed by atoms with Gasteiger partial charge in [-0.3, -0.25) is 19.8 Å². The van der Waals surface area contributed by atoms with Crippen molar-refractivity contribution >= 4 is 29.7 Å². The van der Waals surface area contributed by atoms with Crippen LogP contribution in [0.4, 0.5) is 0 Å². The molecule has 3 aromatic rings. The number of benzene rings is 3. The molecule has 1 aliphatic heterocycles. The highest BCUT2D eigenvalue weighted by molar-refractivity contribution is 5.94. The fourth-order valence-corrected chi connectivity index (χ4v) is 5.85. The van der Waals surface area contributed by atoms with Gasteiger partial charge in [0.05, 0.1) is 12.1 Å². The van der Waals surface area contributed by atoms with Gasteiger partial charge in [-0.25, -0.2) is 4.79 Å². The maximum atomic E-state index is 13.4. The zero-order chi connectivity index (χ0) is 42.4. The Morgan fingerprint density at radius 2 is 1.36 bits per heavy atom. The van der Waals surface area contributed by atoms with E-state index in [4.69, 9.17) is 26.4 Å². The fraction of sp³-hybridized carbons (Fsp3) is 0.390. The van der Waals surface area contributed by atoms with Crippen molar-refractivity contribution in [1.29, 1.82) is 5.41 Å². The van der Waals surface area contributed by atoms with Crippen molar-refractivity contribution in [3.05, 3.63) is 107 Å². The molecule has 3 aromatic carbocycles. The van der Waals surface area contributed by atoms with E-state index < -0.39 is 66.1 Å². The van der Waals surface area contributed by atoms with Crippen LogP contribution in [0.5, 0.6) is 11.5 Å². The zero-order valence-corrected chi connectivity index (χ0v) is 32.8. The summed E-state index contributed by atoms with van der Waals surface area (Å²) in [6, 6.07) is 17.5. The smallest absolute Gasteiger partial charge is 0.329 e. The Morgan fingerprint density at radius 3 is 1.90 bits per heavy atom. The number of nitrogens with one attached hydrogen (secondary N) is 5. The van der Waals surface area contributed by atoms with Crippen LogP contribution in [0.3, 0.4) is 0 Å². The number of hydrogen-bond donors (Lipinski definition) is 10. The number of carboxylic acids is 1. The molecule has 12 N–H and O–H groups in total. The number of hydrogen-bond acceptors (Lipinski definition) is 11. The summed E-state index contributed by atoms with van der Waals surface area (Å²) in [6.07, 6.45) is -0.534. The monoisotopic (exact) mass is 802 g/mol. The fourth-order valence-electron chi connectivity index (χ4n) is 5.85. The molecule has 4 rings (SSSR count). The van der Waals surface area contributed by atoms with Crippen LogP contribution in [-0.2, 0) is 32.4 Å². The van der Waals surface area contributed by atoms with Crippen molar-refractivity contribution in [3.63, 3.8) is 0 Å². The first kappa shape index (κ1) is 44.7. The molecule has 0 saturated heterocycles. The van der Waals surface area contributed by atoms with Gasteiger partial charge in [-0.15, -0.1) is 0 Å². The van der Waals surface area contributed by atoms with Crippen molar-refractivity contribution in [1.82, 2.24) is 26.2 Å². The first-order valence-corrected chi connectivity index (χ1v) is 18.9. The third-order valence-electron chi connectivity index (χ3n) is 9.50. The predicted octanol–water partition coefficient (Wildman–Crippen LogP) is 0.649. The number of aliphatic hydroxyl groups is 2. The minimum Gasteiger partial charge on any atom is -0.485 e. The molecule has 1 aliphatic rings. The van der Waals surface area contributed by atoms with Crippen LogP contribution < -0.4 is 42.2 Å². The number of ether oxygens (including phenoxy) is 2. The zero-order valence-electron chi connectivity index (χ0n) is 32.8. The third-order valence-corrected chi connectivity index (χ3v) is 9.50. The second kappa shape index (κ2) is 21.5. The van der Waals surface area contributed by atoms with E-state index in [0.717, 1.165) is 16.7 Å². The van der Waals surface area contributed by atoms with Crippen LogP contribution in [0, 0.1) is 5.41 Å². The molecule has 0 fully saturated rings. The highest BCUT2D eigenvalue weighted by Gasteiger charge is 2.33. The Kier molecular flexibility index (Phi) is 16.6. The first-order chi connectivity index (χ1) is 27.6. The molecule has 1 heterocycles. The van der Waals surface area contributed by atoms with Crippen molar-refractivity contribution < 1.29 is 44.0 Å². The van der Waals surface area contributed by atoms with E-state index in [1.165, 1.54) is 32.9 Å². The topological polar surface area (TPSA) is 275 Å². The van der Waals surface area contributed by atoms with Crippen LogP contribution in [0.2, 0.25) is 0 Å². The van der Waals surface area contributed by atoms with Gasteiger partial charge in [-0.1, -0.05) is 78.4 Å². The standard InChI is InChI=1S/C41H54N8O9/c1-24(47-39(54)32(45-20-31(42)26(3)50)18-29-16-17-49(21-29)41(43)44)37(52)46-25(2)38(53)48-35(40(55)56)36(51)30-14-15-33(57-22-27-10-6-4-7-11-27)34(19-30)58-23-28-12-8-5-9-13-28/h4-16,19,24-26,31-32,35-36,45,50-51H,17-18,20-23,42H2,1-3H3,(H3,43,44)(H,46,52)(H,47,54)(H,48,53)(H,55,56). The predicted molar refractivity (Wildman–Crippen MR) is 215 cm³/mol. The lowest BCUT2D eigenvalue weighted by atomic mass is 10.0. The van der Waals surface area contributed by atoms with Gasteiger partial charge in [0, 0.05) is 25.7 Å². The summed E-state index contributed by atoms with van der Waals surface area (Å²) in [4.78, 5) is 53.8. The van der Waals surface area contributed by atoms with Crippen molar-refractivity contribution in [2.24, 2.45) is 11.5 Å². The number of carbonyl (C=O) groups is 4. The summed E-state index contributed by atoms with van der Waals surface area (Å²) >= 11 is 0. The van der Waals surface area contributed by atoms with E-state index in [9.17, 15) is 34.5 Å². The molecule has 17 nitrogen and oxygen atoms in total. The lowest BCUT2D eigenvalue weighted by Crippen LogP contribution is -2.57. The number of nitrogens with zero attached hydrogens (tertiary/aromatic N) is 1. The number of amides is 3. The van der Waals surface area contributed by atoms with Gasteiger partial charge in [0.15, 0.2) is 23.5 Å². The Balaban J connectivity index is 1.39. The summed E-state index contributed by atoms with van der Waals surface area (Å²) in [7, 11) is 0. The van der Waals surface area contributed by atoms with Crippen molar-refractivity contribution in [3.8, 4) is 11.5 Å². The lowest BCUT2D eigenvalue weighted by molar-refractivity contribution is -0.145. The Labute approximate surface area is 337 Å². The van der Waals surface area contributed by atoms with Crippen LogP contribution in [0.15, 0.2) is 90.5 Å². The molecule has 0 aliphatic carbocycles. The molecular weight excluding hydrogens is 748 g/mol. The van der Waals surface area contributed by atoms with E-state index in [1.807, 2.05) is 66.7 Å². The molecular formula is C41H54N8O9. The normalized spacial score (nSPS) is 16.0. The number of guanidine groups is 1. The number of carbonyl (C=O) groups excluding carboxylic acids is 3. The van der Waals surface area contributed by atoms with Gasteiger partial charge >= 0.3 is 5.97 Å². The second-order valence-electron chi connectivity index (χ2n) is 14.2. The minimum atomic E-state index is -1.83. The number of aliphatic carboxylic acids is 1. The molecule has 0 radical (unpaired) electrons. The molecule has 0 aromatic heterocycles. The van der Waals surface area contributed by atoms with Gasteiger partial charge in [-0.2, -0.15) is 0 Å². The first-order valence-electron chi connectivity index (χ1n) is 18.9. The summed E-state index contributed by atoms with van der Waals surface area (Å²) in [5.74, 6) is -3.25. The molecule has 7 atom stereocenters. The summed E-state index contributed by atoms with van der Waals surface area (Å²) in [6.45, 7) is 5.48. The quantitative estimate of drug-likeness (QED) is 0.0403. The SMILES string of the molecule is CC(NC(=O)C(C)NC(=O)C(CC1=CCN(C(=N)N)C1)NCC(N)C(C)O)C(=O)NC(C(=O)O)C(O)c1ccc(OCc2ccccc2)c(OCc2ccccc2)c1. The molecule has 0 spiro atoms. The molecule has 58 heavy (non-hydrogen) atoms. The lowest BCUT2D eigenvalue weighted by Gasteiger charge is -2.26. The van der Waals surface area contributed by atoms with Crippen LogP contribution in [-0.4, -0.2) is 106 Å². The molecule has 0 bridgehead atoms. The highest BCUT2D eigenvalue weighted by Crippen LogP contribution is 2.33. The van der Waals surface area contributed by atoms with E-state index in [1.54, 1.807) is 11.0 Å². The maximum absolute atomic E-state index is 13.4. The van der Waals surface area contributed by atoms with E-state index in [2.05, 4.69) is 21.3 Å². The molecule has 3 amide bonds. The van der Waals surface area contributed by atoms with Gasteiger partial charge < -0.3 is 62.4 Å². The minimum absolute atomic E-state index is 0.0854. The van der Waals surface area contributed by atoms with Gasteiger partial charge in [0.25, 0.3) is 0 Å². The highest BCUT2D eigenvalue weighted by atomic mass is 16.5. The number of nitrogens with two attached hydrogens (primary N) is 2. The van der Waals surface area contributed by atoms with E-state index in [-0.39, 0.29) is 43.5 Å². The number of carboxylic acid groups (broad SMARTS) is 1. The molecule has 312 valence electrons. The average molecular weight is 803 g/mol. The van der Waals surface area contributed by atoms with Crippen LogP contribution in [0.1, 0.15) is 50.0 Å². The van der Waals surface area contributed by atoms with Crippen molar-refractivity contribution in [2.45, 2.75) is 82.8 Å². The third kappa shape index (κ3) is 13.3. The molecule has 0 saturated carbocycles. The Morgan fingerprint density at radius 1 is 0.810 bits per heavy atom. The van der Waals surface area contributed by atoms with Crippen molar-refractivity contribution in [2.75, 3.05) is 19.6 Å². The van der Waals surface area contributed by atoms with Gasteiger partial charge in [0.2, 0.25) is 17.7 Å². The van der Waals surface area contributed by atoms with Crippen LogP contribution >= 0.6 is 0 Å². The van der Waals surface area contributed by atoms with Gasteiger partial charge in [-0.05, 0) is 56.0 Å². The second-order valence-corrected chi connectivity index (χ2v) is 14.2. The van der Waals surface area contributed by atoms with Crippen LogP contribution in [0.25, 0.3) is 0 Å². The van der Waals surface area contributed by atoms with E-state index >= 15 is 0 Å². The summed E-state index contributed by atoms with van der Waals surface area (Å²) in [5, 5.41) is 49.3. The average Bonchev–Trinajstić information content (AvgIpc) is 3.69. The Bertz CT molecular complexity index is 1900. The molecule has 7 unspecified atom stereocenters. The van der Waals surface area contributed by atoms with E-state index in [0.29, 0.717) is 18.8 Å². The number of rotatable bonds is 21. The number of aliphatic hydroxyl groups excluding tert-OH is 2. The molecule has 17 heteroatoms.